The van der Waals surface area contributed by atoms with Crippen LogP contribution in [0.2, 0.25) is 52.4 Å². The van der Waals surface area contributed by atoms with Gasteiger partial charge in [0, 0.05) is 39.3 Å². The van der Waals surface area contributed by atoms with Gasteiger partial charge in [0.2, 0.25) is 0 Å². The second-order valence-electron chi connectivity index (χ2n) is 8.19. The maximum atomic E-state index is 6.61. The topological polar surface area (TPSA) is 102 Å². The number of hydrogen-bond acceptors (Lipinski definition) is 11. The van der Waals surface area contributed by atoms with Crippen molar-refractivity contribution in [2.75, 3.05) is 0 Å². The fraction of sp³-hybridized carbons (Fsp3) is 1.00. The van der Waals surface area contributed by atoms with Crippen molar-refractivity contribution >= 4 is 69.0 Å². The van der Waals surface area contributed by atoms with E-state index >= 15 is 0 Å². The summed E-state index contributed by atoms with van der Waals surface area (Å²) in [6.07, 6.45) is 0. The molecule has 6 fully saturated rings. The monoisotopic (exact) mass is 520 g/mol. The van der Waals surface area contributed by atoms with Gasteiger partial charge in [0.05, 0.1) is 0 Å². The molecule has 0 spiro atoms. The SMILES string of the molecule is C[Si]12O[Si]3(C)O[Si]4(C)O[Si](C)(O1)O[Si@@]1(C)O[Si](C)(O2)[Si](C)(O3)O[Si@](C)(O4)O1. The van der Waals surface area contributed by atoms with Crippen molar-refractivity contribution in [1.29, 1.82) is 0 Å². The van der Waals surface area contributed by atoms with Gasteiger partial charge in [-0.15, -0.1) is 0 Å². The average molecular weight is 521 g/mol. The third-order valence-corrected chi connectivity index (χ3v) is 48.1. The van der Waals surface area contributed by atoms with Gasteiger partial charge in [-0.25, -0.2) is 0 Å². The van der Waals surface area contributed by atoms with Crippen LogP contribution in [-0.2, 0) is 45.3 Å². The van der Waals surface area contributed by atoms with E-state index < -0.39 is 69.0 Å². The zero-order chi connectivity index (χ0) is 19.8. The van der Waals surface area contributed by atoms with Crippen molar-refractivity contribution in [2.24, 2.45) is 0 Å². The molecular formula is C8H24O11Si8. The lowest BCUT2D eigenvalue weighted by molar-refractivity contribution is 0.0359. The molecule has 8 atom stereocenters. The molecule has 6 unspecified atom stereocenters. The molecule has 0 aromatic rings. The van der Waals surface area contributed by atoms with Gasteiger partial charge >= 0.3 is 69.0 Å². The van der Waals surface area contributed by atoms with Gasteiger partial charge in [-0.05, 0) is 13.1 Å². The fourth-order valence-corrected chi connectivity index (χ4v) is 61.9. The van der Waals surface area contributed by atoms with Crippen LogP contribution in [0.3, 0.4) is 0 Å². The first-order valence-electron chi connectivity index (χ1n) is 8.74. The second kappa shape index (κ2) is 5.19. The first-order valence-corrected chi connectivity index (χ1v) is 27.7. The second-order valence-corrected chi connectivity index (χ2v) is 36.8. The maximum Gasteiger partial charge on any atom is 0.475 e. The minimum absolute atomic E-state index is 1.79. The van der Waals surface area contributed by atoms with Crippen LogP contribution in [0.5, 0.6) is 0 Å². The Hall–Kier alpha value is 1.30. The average Bonchev–Trinajstić information content (AvgIpc) is 2.35. The summed E-state index contributed by atoms with van der Waals surface area (Å²) in [5, 5.41) is 0. The summed E-state index contributed by atoms with van der Waals surface area (Å²) in [6.45, 7) is 14.7. The maximum absolute atomic E-state index is 6.61. The molecule has 6 heterocycles. The molecule has 6 rings (SSSR count). The van der Waals surface area contributed by atoms with Crippen LogP contribution in [-0.4, -0.2) is 69.0 Å². The van der Waals surface area contributed by atoms with Crippen molar-refractivity contribution in [3.63, 3.8) is 0 Å². The van der Waals surface area contributed by atoms with Crippen molar-refractivity contribution in [3.8, 4) is 0 Å². The molecule has 27 heavy (non-hydrogen) atoms. The van der Waals surface area contributed by atoms with Crippen LogP contribution in [0.4, 0.5) is 0 Å². The number of hydrogen-bond donors (Lipinski definition) is 0. The quantitative estimate of drug-likeness (QED) is 0.425. The van der Waals surface area contributed by atoms with Crippen molar-refractivity contribution in [1.82, 2.24) is 0 Å². The van der Waals surface area contributed by atoms with E-state index in [1.165, 1.54) is 0 Å². The molecule has 154 valence electrons. The summed E-state index contributed by atoms with van der Waals surface area (Å²) in [7, 11) is -26.0. The molecule has 11 nitrogen and oxygen atoms in total. The van der Waals surface area contributed by atoms with Crippen LogP contribution >= 0.6 is 0 Å². The lowest BCUT2D eigenvalue weighted by Crippen LogP contribution is -2.77. The molecule has 8 bridgehead atoms. The summed E-state index contributed by atoms with van der Waals surface area (Å²) < 4.78 is 71.4. The minimum Gasteiger partial charge on any atom is -0.394 e. The van der Waals surface area contributed by atoms with Crippen LogP contribution in [0, 0.1) is 0 Å². The van der Waals surface area contributed by atoms with E-state index in [9.17, 15) is 0 Å². The first-order chi connectivity index (χ1) is 12.0. The molecule has 0 aliphatic carbocycles. The Morgan fingerprint density at radius 2 is 0.407 bits per heavy atom. The van der Waals surface area contributed by atoms with Crippen LogP contribution in [0.15, 0.2) is 0 Å². The van der Waals surface area contributed by atoms with E-state index in [0.717, 1.165) is 0 Å². The molecular weight excluding hydrogens is 497 g/mol. The van der Waals surface area contributed by atoms with Crippen LogP contribution < -0.4 is 0 Å². The first kappa shape index (κ1) is 20.2. The largest absolute Gasteiger partial charge is 0.475 e. The molecule has 6 aliphatic heterocycles. The van der Waals surface area contributed by atoms with E-state index in [2.05, 4.69) is 0 Å². The fourth-order valence-electron chi connectivity index (χ4n) is 4.56. The van der Waals surface area contributed by atoms with Gasteiger partial charge < -0.3 is 45.3 Å². The highest BCUT2D eigenvalue weighted by atomic mass is 29.3. The summed E-state index contributed by atoms with van der Waals surface area (Å²) >= 11 is 0. The van der Waals surface area contributed by atoms with E-state index in [4.69, 9.17) is 45.3 Å². The lowest BCUT2D eigenvalue weighted by atomic mass is 11.9. The Morgan fingerprint density at radius 1 is 0.259 bits per heavy atom. The Balaban J connectivity index is 1.84. The third kappa shape index (κ3) is 3.00. The van der Waals surface area contributed by atoms with E-state index in [1.807, 2.05) is 39.3 Å². The predicted molar refractivity (Wildman–Crippen MR) is 105 cm³/mol. The molecule has 0 saturated carbocycles. The molecule has 0 radical (unpaired) electrons. The Kier molecular flexibility index (Phi) is 3.89. The predicted octanol–water partition coefficient (Wildman–Crippen LogP) is 0.872. The summed E-state index contributed by atoms with van der Waals surface area (Å²) in [6, 6.07) is 0. The van der Waals surface area contributed by atoms with E-state index in [0.29, 0.717) is 0 Å². The van der Waals surface area contributed by atoms with Gasteiger partial charge in [-0.2, -0.15) is 0 Å². The molecule has 0 aromatic carbocycles. The van der Waals surface area contributed by atoms with Crippen molar-refractivity contribution in [2.45, 2.75) is 52.4 Å². The van der Waals surface area contributed by atoms with Crippen molar-refractivity contribution in [3.05, 3.63) is 0 Å². The van der Waals surface area contributed by atoms with E-state index in [1.54, 1.807) is 13.1 Å². The van der Waals surface area contributed by atoms with Crippen LogP contribution in [0.1, 0.15) is 0 Å². The summed E-state index contributed by atoms with van der Waals surface area (Å²) in [4.78, 5) is 0. The lowest BCUT2D eigenvalue weighted by Gasteiger charge is -2.52. The van der Waals surface area contributed by atoms with Gasteiger partial charge in [0.15, 0.2) is 0 Å². The van der Waals surface area contributed by atoms with Gasteiger partial charge in [-0.1, -0.05) is 0 Å². The van der Waals surface area contributed by atoms with Gasteiger partial charge in [0.1, 0.15) is 0 Å². The summed E-state index contributed by atoms with van der Waals surface area (Å²) in [5.41, 5.74) is 0. The van der Waals surface area contributed by atoms with Crippen LogP contribution in [0.25, 0.3) is 0 Å². The highest BCUT2D eigenvalue weighted by Crippen LogP contribution is 2.50. The standard InChI is InChI=1S/C8H24O11Si8/c1-20-9-21(2)12-24(5)14-22(3,10-20)16-26(7)17-23(4,11-20)15-25(6,13-21)19-27(26,8)18-24/h1-8H3/t20?,21?,22-,23?,24-,25?,26?,27?/m1/s1. The summed E-state index contributed by atoms with van der Waals surface area (Å²) in [5.74, 6) is 0. The zero-order valence-electron chi connectivity index (χ0n) is 16.5. The molecule has 19 heteroatoms. The van der Waals surface area contributed by atoms with E-state index in [-0.39, 0.29) is 0 Å². The molecule has 0 aromatic heterocycles. The van der Waals surface area contributed by atoms with Gasteiger partial charge in [0.25, 0.3) is 0 Å². The Labute approximate surface area is 166 Å². The normalized spacial score (nSPS) is 67.6. The number of rotatable bonds is 0. The molecule has 6 aliphatic rings. The molecule has 0 N–H and O–H groups in total. The molecule has 6 saturated heterocycles. The zero-order valence-corrected chi connectivity index (χ0v) is 24.5. The Bertz CT molecular complexity index is 630. The highest BCUT2D eigenvalue weighted by Gasteiger charge is 2.82. The van der Waals surface area contributed by atoms with Gasteiger partial charge in [-0.3, -0.25) is 0 Å². The highest BCUT2D eigenvalue weighted by molar-refractivity contribution is 7.37. The Morgan fingerprint density at radius 3 is 0.593 bits per heavy atom. The molecule has 0 amide bonds. The minimum atomic E-state index is -3.32. The van der Waals surface area contributed by atoms with Crippen molar-refractivity contribution < 1.29 is 45.3 Å². The smallest absolute Gasteiger partial charge is 0.394 e. The third-order valence-electron chi connectivity index (χ3n) is 4.94.